The van der Waals surface area contributed by atoms with Gasteiger partial charge in [-0.3, -0.25) is 0 Å². The van der Waals surface area contributed by atoms with Gasteiger partial charge < -0.3 is 10.1 Å². The minimum Gasteiger partial charge on any atom is -0.375 e. The smallest absolute Gasteiger partial charge is 0.150 e. The second-order valence-corrected chi connectivity index (χ2v) is 8.29. The lowest BCUT2D eigenvalue weighted by Gasteiger charge is -2.29. The maximum absolute atomic E-state index is 11.5. The number of hydrogen-bond acceptors (Lipinski definition) is 4. The number of sulfone groups is 1. The summed E-state index contributed by atoms with van der Waals surface area (Å²) in [5.41, 5.74) is 0. The van der Waals surface area contributed by atoms with Gasteiger partial charge in [0.05, 0.1) is 18.0 Å². The van der Waals surface area contributed by atoms with Crippen molar-refractivity contribution in [2.75, 3.05) is 18.1 Å². The molecule has 2 saturated heterocycles. The van der Waals surface area contributed by atoms with Crippen molar-refractivity contribution in [3.8, 4) is 0 Å². The number of nitrogens with one attached hydrogen (secondary N) is 1. The lowest BCUT2D eigenvalue weighted by molar-refractivity contribution is 0.0850. The van der Waals surface area contributed by atoms with Crippen molar-refractivity contribution in [1.29, 1.82) is 0 Å². The van der Waals surface area contributed by atoms with Crippen LogP contribution in [-0.2, 0) is 14.6 Å². The molecule has 19 heavy (non-hydrogen) atoms. The second-order valence-electron chi connectivity index (χ2n) is 5.82. The van der Waals surface area contributed by atoms with Crippen LogP contribution in [0.5, 0.6) is 0 Å². The first kappa shape index (κ1) is 15.3. The Kier molecular flexibility index (Phi) is 5.26. The summed E-state index contributed by atoms with van der Waals surface area (Å²) in [4.78, 5) is 0. The zero-order valence-corrected chi connectivity index (χ0v) is 12.9. The molecule has 2 aliphatic heterocycles. The molecule has 0 radical (unpaired) electrons. The molecule has 1 N–H and O–H groups in total. The van der Waals surface area contributed by atoms with Gasteiger partial charge >= 0.3 is 0 Å². The van der Waals surface area contributed by atoms with Crippen molar-refractivity contribution >= 4 is 9.84 Å². The van der Waals surface area contributed by atoms with Gasteiger partial charge in [0.25, 0.3) is 0 Å². The average molecular weight is 289 g/mol. The molecule has 4 unspecified atom stereocenters. The summed E-state index contributed by atoms with van der Waals surface area (Å²) >= 11 is 0. The molecule has 2 heterocycles. The Bertz CT molecular complexity index is 382. The first-order valence-corrected chi connectivity index (χ1v) is 9.47. The third-order valence-electron chi connectivity index (χ3n) is 4.55. The third kappa shape index (κ3) is 3.92. The van der Waals surface area contributed by atoms with Crippen LogP contribution < -0.4 is 5.32 Å². The Morgan fingerprint density at radius 3 is 2.63 bits per heavy atom. The number of fused-ring (bicyclic) bond motifs is 2. The van der Waals surface area contributed by atoms with Gasteiger partial charge in [0, 0.05) is 17.7 Å². The molecule has 0 aromatic rings. The second kappa shape index (κ2) is 6.55. The van der Waals surface area contributed by atoms with Crippen LogP contribution in [-0.4, -0.2) is 44.7 Å². The molecular weight excluding hydrogens is 262 g/mol. The molecule has 0 aliphatic carbocycles. The summed E-state index contributed by atoms with van der Waals surface area (Å²) in [6.45, 7) is 4.78. The molecule has 0 saturated carbocycles. The minimum atomic E-state index is -2.82. The summed E-state index contributed by atoms with van der Waals surface area (Å²) < 4.78 is 29.0. The minimum absolute atomic E-state index is 0.260. The monoisotopic (exact) mass is 289 g/mol. The van der Waals surface area contributed by atoms with E-state index in [1.165, 1.54) is 12.8 Å². The lowest BCUT2D eigenvalue weighted by atomic mass is 9.82. The molecule has 4 atom stereocenters. The SMILES string of the molecule is CCNC(CCCS(=O)(=O)CC)C1CC2CCC1O2. The molecule has 4 nitrogen and oxygen atoms in total. The highest BCUT2D eigenvalue weighted by Gasteiger charge is 2.43. The maximum atomic E-state index is 11.5. The van der Waals surface area contributed by atoms with Crippen LogP contribution in [0.4, 0.5) is 0 Å². The largest absolute Gasteiger partial charge is 0.375 e. The van der Waals surface area contributed by atoms with E-state index >= 15 is 0 Å². The van der Waals surface area contributed by atoms with E-state index in [0.717, 1.165) is 25.8 Å². The Morgan fingerprint density at radius 1 is 1.32 bits per heavy atom. The highest BCUT2D eigenvalue weighted by Crippen LogP contribution is 2.41. The zero-order valence-electron chi connectivity index (χ0n) is 12.1. The van der Waals surface area contributed by atoms with Crippen molar-refractivity contribution < 1.29 is 13.2 Å². The van der Waals surface area contributed by atoms with Gasteiger partial charge in [-0.2, -0.15) is 0 Å². The summed E-state index contributed by atoms with van der Waals surface area (Å²) in [6, 6.07) is 0.423. The van der Waals surface area contributed by atoms with Gasteiger partial charge in [0.1, 0.15) is 9.84 Å². The Morgan fingerprint density at radius 2 is 2.11 bits per heavy atom. The van der Waals surface area contributed by atoms with Crippen molar-refractivity contribution in [2.24, 2.45) is 5.92 Å². The zero-order chi connectivity index (χ0) is 13.9. The van der Waals surface area contributed by atoms with Crippen LogP contribution in [0.2, 0.25) is 0 Å². The predicted octanol–water partition coefficient (Wildman–Crippen LogP) is 1.75. The number of rotatable bonds is 8. The molecule has 0 aromatic carbocycles. The highest BCUT2D eigenvalue weighted by atomic mass is 32.2. The maximum Gasteiger partial charge on any atom is 0.150 e. The van der Waals surface area contributed by atoms with Crippen LogP contribution in [0.3, 0.4) is 0 Å². The average Bonchev–Trinajstić information content (AvgIpc) is 3.00. The predicted molar refractivity (Wildman–Crippen MR) is 77.0 cm³/mol. The van der Waals surface area contributed by atoms with E-state index in [0.29, 0.717) is 29.9 Å². The molecule has 2 aliphatic rings. The first-order chi connectivity index (χ1) is 9.05. The molecule has 2 fully saturated rings. The lowest BCUT2D eigenvalue weighted by Crippen LogP contribution is -2.41. The third-order valence-corrected chi connectivity index (χ3v) is 6.34. The van der Waals surface area contributed by atoms with Crippen LogP contribution >= 0.6 is 0 Å². The van der Waals surface area contributed by atoms with Gasteiger partial charge in [0.15, 0.2) is 0 Å². The fraction of sp³-hybridized carbons (Fsp3) is 1.00. The van der Waals surface area contributed by atoms with E-state index in [-0.39, 0.29) is 5.75 Å². The molecule has 2 rings (SSSR count). The van der Waals surface area contributed by atoms with E-state index < -0.39 is 9.84 Å². The molecule has 112 valence electrons. The standard InChI is InChI=1S/C14H27NO3S/c1-3-15-13(6-5-9-19(16,17)4-2)12-10-11-7-8-14(12)18-11/h11-15H,3-10H2,1-2H3. The highest BCUT2D eigenvalue weighted by molar-refractivity contribution is 7.91. The summed E-state index contributed by atoms with van der Waals surface area (Å²) in [7, 11) is -2.82. The molecule has 0 aromatic heterocycles. The fourth-order valence-corrected chi connectivity index (χ4v) is 4.39. The van der Waals surface area contributed by atoms with E-state index in [1.54, 1.807) is 6.92 Å². The van der Waals surface area contributed by atoms with Crippen LogP contribution in [0.1, 0.15) is 46.0 Å². The van der Waals surface area contributed by atoms with Gasteiger partial charge in [-0.05, 0) is 38.6 Å². The molecular formula is C14H27NO3S. The van der Waals surface area contributed by atoms with Gasteiger partial charge in [-0.1, -0.05) is 13.8 Å². The van der Waals surface area contributed by atoms with Crippen LogP contribution in [0, 0.1) is 5.92 Å². The summed E-state index contributed by atoms with van der Waals surface area (Å²) in [6.07, 6.45) is 6.15. The van der Waals surface area contributed by atoms with Crippen molar-refractivity contribution in [3.63, 3.8) is 0 Å². The quantitative estimate of drug-likeness (QED) is 0.739. The molecule has 0 amide bonds. The van der Waals surface area contributed by atoms with Gasteiger partial charge in [0.2, 0.25) is 0 Å². The molecule has 0 spiro atoms. The molecule has 5 heteroatoms. The molecule has 2 bridgehead atoms. The van der Waals surface area contributed by atoms with Crippen molar-refractivity contribution in [3.05, 3.63) is 0 Å². The van der Waals surface area contributed by atoms with Crippen molar-refractivity contribution in [1.82, 2.24) is 5.32 Å². The summed E-state index contributed by atoms with van der Waals surface area (Å²) in [5, 5.41) is 3.54. The fourth-order valence-electron chi connectivity index (χ4n) is 3.50. The normalized spacial score (nSPS) is 31.8. The van der Waals surface area contributed by atoms with Crippen molar-refractivity contribution in [2.45, 2.75) is 64.2 Å². The topological polar surface area (TPSA) is 55.4 Å². The van der Waals surface area contributed by atoms with Crippen LogP contribution in [0.25, 0.3) is 0 Å². The Balaban J connectivity index is 1.83. The van der Waals surface area contributed by atoms with E-state index in [2.05, 4.69) is 12.2 Å². The van der Waals surface area contributed by atoms with Crippen LogP contribution in [0.15, 0.2) is 0 Å². The van der Waals surface area contributed by atoms with E-state index in [1.807, 2.05) is 0 Å². The van der Waals surface area contributed by atoms with Gasteiger partial charge in [-0.15, -0.1) is 0 Å². The van der Waals surface area contributed by atoms with E-state index in [4.69, 9.17) is 4.74 Å². The number of ether oxygens (including phenoxy) is 1. The first-order valence-electron chi connectivity index (χ1n) is 7.65. The van der Waals surface area contributed by atoms with E-state index in [9.17, 15) is 8.42 Å². The Labute approximate surface area is 117 Å². The summed E-state index contributed by atoms with van der Waals surface area (Å²) in [5.74, 6) is 1.17. The van der Waals surface area contributed by atoms with Gasteiger partial charge in [-0.25, -0.2) is 8.42 Å². The Hall–Kier alpha value is -0.130. The number of hydrogen-bond donors (Lipinski definition) is 1.